The van der Waals surface area contributed by atoms with E-state index < -0.39 is 0 Å². The van der Waals surface area contributed by atoms with E-state index in [0.29, 0.717) is 40.7 Å². The molecule has 5 nitrogen and oxygen atoms in total. The van der Waals surface area contributed by atoms with Crippen LogP contribution >= 0.6 is 11.6 Å². The lowest BCUT2D eigenvalue weighted by Crippen LogP contribution is -2.24. The van der Waals surface area contributed by atoms with E-state index in [2.05, 4.69) is 5.32 Å². The van der Waals surface area contributed by atoms with Gasteiger partial charge in [-0.15, -0.1) is 0 Å². The number of anilines is 1. The van der Waals surface area contributed by atoms with Crippen molar-refractivity contribution in [2.24, 2.45) is 0 Å². The first kappa shape index (κ1) is 20.0. The van der Waals surface area contributed by atoms with Crippen LogP contribution in [0.4, 0.5) is 5.69 Å². The van der Waals surface area contributed by atoms with Crippen molar-refractivity contribution >= 4 is 29.1 Å². The number of likely N-dealkylation sites (tertiary alicyclic amines) is 1. The van der Waals surface area contributed by atoms with E-state index in [1.807, 2.05) is 35.2 Å². The molecule has 6 heteroatoms. The van der Waals surface area contributed by atoms with E-state index in [4.69, 9.17) is 16.3 Å². The Balaban J connectivity index is 1.39. The highest BCUT2D eigenvalue weighted by molar-refractivity contribution is 6.32. The minimum absolute atomic E-state index is 0.170. The Labute approximate surface area is 180 Å². The summed E-state index contributed by atoms with van der Waals surface area (Å²) in [6.07, 6.45) is 1.51. The SMILES string of the molecule is O=C(Nc1ccc(Oc2ccccc2Cl)cc1)c1cccc(CN2CCCC2=O)c1. The third kappa shape index (κ3) is 4.81. The zero-order chi connectivity index (χ0) is 20.9. The van der Waals surface area contributed by atoms with E-state index in [9.17, 15) is 9.59 Å². The fraction of sp³-hybridized carbons (Fsp3) is 0.167. The second kappa shape index (κ2) is 9.01. The molecule has 1 aliphatic heterocycles. The average Bonchev–Trinajstić information content (AvgIpc) is 3.15. The smallest absolute Gasteiger partial charge is 0.255 e. The highest BCUT2D eigenvalue weighted by Gasteiger charge is 2.20. The molecule has 0 unspecified atom stereocenters. The lowest BCUT2D eigenvalue weighted by molar-refractivity contribution is -0.128. The molecule has 1 fully saturated rings. The third-order valence-electron chi connectivity index (χ3n) is 4.91. The van der Waals surface area contributed by atoms with Gasteiger partial charge in [-0.25, -0.2) is 0 Å². The van der Waals surface area contributed by atoms with E-state index in [-0.39, 0.29) is 11.8 Å². The maximum absolute atomic E-state index is 12.6. The molecule has 1 aliphatic rings. The summed E-state index contributed by atoms with van der Waals surface area (Å²) in [7, 11) is 0. The molecule has 2 amide bonds. The van der Waals surface area contributed by atoms with Gasteiger partial charge in [-0.3, -0.25) is 9.59 Å². The van der Waals surface area contributed by atoms with Crippen LogP contribution in [0.3, 0.4) is 0 Å². The number of carbonyl (C=O) groups is 2. The van der Waals surface area contributed by atoms with Crippen LogP contribution in [-0.4, -0.2) is 23.3 Å². The van der Waals surface area contributed by atoms with Gasteiger partial charge in [0.05, 0.1) is 5.02 Å². The van der Waals surface area contributed by atoms with Crippen molar-refractivity contribution in [3.05, 3.63) is 88.9 Å². The molecule has 0 saturated carbocycles. The molecule has 0 atom stereocenters. The Hall–Kier alpha value is -3.31. The van der Waals surface area contributed by atoms with Crippen molar-refractivity contribution in [1.29, 1.82) is 0 Å². The maximum atomic E-state index is 12.6. The van der Waals surface area contributed by atoms with Crippen LogP contribution < -0.4 is 10.1 Å². The number of amides is 2. The van der Waals surface area contributed by atoms with Gasteiger partial charge in [-0.2, -0.15) is 0 Å². The monoisotopic (exact) mass is 420 g/mol. The summed E-state index contributed by atoms with van der Waals surface area (Å²) in [6.45, 7) is 1.31. The summed E-state index contributed by atoms with van der Waals surface area (Å²) < 4.78 is 5.76. The molecule has 3 aromatic carbocycles. The molecule has 1 N–H and O–H groups in total. The zero-order valence-corrected chi connectivity index (χ0v) is 17.1. The number of halogens is 1. The third-order valence-corrected chi connectivity index (χ3v) is 5.22. The summed E-state index contributed by atoms with van der Waals surface area (Å²) >= 11 is 6.11. The average molecular weight is 421 g/mol. The fourth-order valence-corrected chi connectivity index (χ4v) is 3.54. The van der Waals surface area contributed by atoms with E-state index in [1.54, 1.807) is 42.5 Å². The van der Waals surface area contributed by atoms with Crippen molar-refractivity contribution in [3.8, 4) is 11.5 Å². The molecule has 0 aliphatic carbocycles. The minimum Gasteiger partial charge on any atom is -0.456 e. The van der Waals surface area contributed by atoms with E-state index >= 15 is 0 Å². The Kier molecular flexibility index (Phi) is 6.00. The van der Waals surface area contributed by atoms with Crippen molar-refractivity contribution in [2.75, 3.05) is 11.9 Å². The molecule has 3 aromatic rings. The number of nitrogens with one attached hydrogen (secondary N) is 1. The van der Waals surface area contributed by atoms with Crippen LogP contribution in [0.25, 0.3) is 0 Å². The number of nitrogens with zero attached hydrogens (tertiary/aromatic N) is 1. The number of hydrogen-bond acceptors (Lipinski definition) is 3. The molecule has 30 heavy (non-hydrogen) atoms. The summed E-state index contributed by atoms with van der Waals surface area (Å²) in [5.41, 5.74) is 2.16. The quantitative estimate of drug-likeness (QED) is 0.572. The standard InChI is InChI=1S/C24H21ClN2O3/c25-21-7-1-2-8-22(21)30-20-12-10-19(11-13-20)26-24(29)18-6-3-5-17(15-18)16-27-14-4-9-23(27)28/h1-3,5-8,10-13,15H,4,9,14,16H2,(H,26,29). The van der Waals surface area contributed by atoms with Crippen LogP contribution in [0.1, 0.15) is 28.8 Å². The molecule has 1 saturated heterocycles. The minimum atomic E-state index is -0.204. The molecule has 0 bridgehead atoms. The molecular formula is C24H21ClN2O3. The summed E-state index contributed by atoms with van der Waals surface area (Å²) in [5, 5.41) is 3.42. The van der Waals surface area contributed by atoms with Gasteiger partial charge < -0.3 is 15.0 Å². The fourth-order valence-electron chi connectivity index (χ4n) is 3.37. The van der Waals surface area contributed by atoms with Gasteiger partial charge in [0, 0.05) is 30.8 Å². The van der Waals surface area contributed by atoms with Gasteiger partial charge in [0.25, 0.3) is 5.91 Å². The van der Waals surface area contributed by atoms with Crippen molar-refractivity contribution in [3.63, 3.8) is 0 Å². The summed E-state index contributed by atoms with van der Waals surface area (Å²) in [4.78, 5) is 26.3. The second-order valence-electron chi connectivity index (χ2n) is 7.13. The summed E-state index contributed by atoms with van der Waals surface area (Å²) in [6, 6.07) is 21.7. The van der Waals surface area contributed by atoms with Crippen LogP contribution in [0.5, 0.6) is 11.5 Å². The Morgan fingerprint density at radius 3 is 2.57 bits per heavy atom. The number of carbonyl (C=O) groups excluding carboxylic acids is 2. The number of rotatable bonds is 6. The second-order valence-corrected chi connectivity index (χ2v) is 7.54. The van der Waals surface area contributed by atoms with Crippen LogP contribution in [0.15, 0.2) is 72.8 Å². The first-order valence-corrected chi connectivity index (χ1v) is 10.2. The van der Waals surface area contributed by atoms with Crippen LogP contribution in [0.2, 0.25) is 5.02 Å². The molecule has 4 rings (SSSR count). The Bertz CT molecular complexity index is 1070. The lowest BCUT2D eigenvalue weighted by atomic mass is 10.1. The predicted molar refractivity (Wildman–Crippen MR) is 117 cm³/mol. The maximum Gasteiger partial charge on any atom is 0.255 e. The molecule has 0 radical (unpaired) electrons. The molecule has 0 spiro atoms. The number of ether oxygens (including phenoxy) is 1. The summed E-state index contributed by atoms with van der Waals surface area (Å²) in [5.74, 6) is 1.16. The number of para-hydroxylation sites is 1. The van der Waals surface area contributed by atoms with Gasteiger partial charge in [-0.1, -0.05) is 35.9 Å². The molecule has 1 heterocycles. The van der Waals surface area contributed by atoms with Crippen molar-refractivity contribution < 1.29 is 14.3 Å². The molecule has 152 valence electrons. The zero-order valence-electron chi connectivity index (χ0n) is 16.3. The van der Waals surface area contributed by atoms with Gasteiger partial charge in [0.15, 0.2) is 0 Å². The van der Waals surface area contributed by atoms with Crippen LogP contribution in [0, 0.1) is 0 Å². The first-order valence-electron chi connectivity index (χ1n) is 9.79. The predicted octanol–water partition coefficient (Wildman–Crippen LogP) is 5.51. The first-order chi connectivity index (χ1) is 14.6. The number of hydrogen-bond donors (Lipinski definition) is 1. The van der Waals surface area contributed by atoms with Gasteiger partial charge in [-0.05, 0) is 60.5 Å². The topological polar surface area (TPSA) is 58.6 Å². The van der Waals surface area contributed by atoms with Gasteiger partial charge in [0.1, 0.15) is 11.5 Å². The molecular weight excluding hydrogens is 400 g/mol. The Morgan fingerprint density at radius 2 is 1.83 bits per heavy atom. The number of benzene rings is 3. The Morgan fingerprint density at radius 1 is 1.03 bits per heavy atom. The van der Waals surface area contributed by atoms with E-state index in [1.165, 1.54) is 0 Å². The van der Waals surface area contributed by atoms with Crippen LogP contribution in [-0.2, 0) is 11.3 Å². The lowest BCUT2D eigenvalue weighted by Gasteiger charge is -2.16. The normalized spacial score (nSPS) is 13.4. The highest BCUT2D eigenvalue weighted by atomic mass is 35.5. The highest BCUT2D eigenvalue weighted by Crippen LogP contribution is 2.29. The van der Waals surface area contributed by atoms with Crippen molar-refractivity contribution in [2.45, 2.75) is 19.4 Å². The van der Waals surface area contributed by atoms with Gasteiger partial charge >= 0.3 is 0 Å². The van der Waals surface area contributed by atoms with Crippen molar-refractivity contribution in [1.82, 2.24) is 4.90 Å². The largest absolute Gasteiger partial charge is 0.456 e. The molecule has 0 aromatic heterocycles. The van der Waals surface area contributed by atoms with Gasteiger partial charge in [0.2, 0.25) is 5.91 Å². The van der Waals surface area contributed by atoms with E-state index in [0.717, 1.165) is 18.5 Å².